The van der Waals surface area contributed by atoms with Crippen LogP contribution in [0.4, 0.5) is 0 Å². The molecule has 0 bridgehead atoms. The van der Waals surface area contributed by atoms with Crippen molar-refractivity contribution < 1.29 is 4.74 Å². The van der Waals surface area contributed by atoms with Gasteiger partial charge in [0.05, 0.1) is 24.2 Å². The highest BCUT2D eigenvalue weighted by atomic mass is 16.5. The van der Waals surface area contributed by atoms with Crippen molar-refractivity contribution in [2.75, 3.05) is 7.11 Å². The van der Waals surface area contributed by atoms with Crippen LogP contribution in [0.15, 0.2) is 24.5 Å². The molecule has 1 aliphatic carbocycles. The third-order valence-electron chi connectivity index (χ3n) is 5.79. The Kier molecular flexibility index (Phi) is 3.47. The second kappa shape index (κ2) is 5.77. The summed E-state index contributed by atoms with van der Waals surface area (Å²) >= 11 is 0. The molecule has 1 saturated carbocycles. The number of aryl methyl sites for hydroxylation is 3. The lowest BCUT2D eigenvalue weighted by Gasteiger charge is -2.33. The van der Waals surface area contributed by atoms with E-state index >= 15 is 0 Å². The average molecular weight is 362 g/mol. The van der Waals surface area contributed by atoms with E-state index in [9.17, 15) is 0 Å². The lowest BCUT2D eigenvalue weighted by atomic mass is 9.71. The van der Waals surface area contributed by atoms with Gasteiger partial charge in [-0.05, 0) is 45.7 Å². The number of aromatic nitrogens is 6. The Labute approximate surface area is 157 Å². The first kappa shape index (κ1) is 16.2. The Hall–Kier alpha value is -2.96. The molecule has 2 unspecified atom stereocenters. The molecule has 4 aromatic heterocycles. The zero-order valence-electron chi connectivity index (χ0n) is 16.0. The van der Waals surface area contributed by atoms with Gasteiger partial charge in [0, 0.05) is 29.9 Å². The van der Waals surface area contributed by atoms with Crippen molar-refractivity contribution in [1.82, 2.24) is 29.0 Å². The van der Waals surface area contributed by atoms with Crippen LogP contribution in [0.25, 0.3) is 11.3 Å². The molecule has 7 nitrogen and oxygen atoms in total. The molecule has 1 fully saturated rings. The second-order valence-corrected chi connectivity index (χ2v) is 7.33. The molecule has 1 aliphatic rings. The van der Waals surface area contributed by atoms with E-state index in [1.165, 1.54) is 0 Å². The normalized spacial score (nSPS) is 19.6. The van der Waals surface area contributed by atoms with Gasteiger partial charge in [-0.15, -0.1) is 0 Å². The molecule has 0 aliphatic heterocycles. The molecule has 27 heavy (non-hydrogen) atoms. The standard InChI is InChI=1S/C20H22N6O/c1-11-10-21-12(2)19-23-18(24-26(11)19)15-8-7-14(15)17-13(3)25-9-5-6-16(27-4)20(25)22-17/h5-6,9-10,14-15H,7-8H2,1-4H3. The maximum atomic E-state index is 5.49. The molecular formula is C20H22N6O. The maximum absolute atomic E-state index is 5.49. The zero-order valence-corrected chi connectivity index (χ0v) is 16.0. The SMILES string of the molecule is COc1cccn2c(C)c(C3CCC3c3nc4c(C)ncc(C)n4n3)nc12. The molecule has 0 spiro atoms. The van der Waals surface area contributed by atoms with Crippen molar-refractivity contribution in [1.29, 1.82) is 0 Å². The summed E-state index contributed by atoms with van der Waals surface area (Å²) in [6.45, 7) is 6.11. The molecule has 7 heteroatoms. The van der Waals surface area contributed by atoms with Crippen molar-refractivity contribution in [2.45, 2.75) is 45.4 Å². The predicted octanol–water partition coefficient (Wildman–Crippen LogP) is 3.37. The summed E-state index contributed by atoms with van der Waals surface area (Å²) in [7, 11) is 1.68. The molecule has 2 atom stereocenters. The topological polar surface area (TPSA) is 69.6 Å². The summed E-state index contributed by atoms with van der Waals surface area (Å²) in [6.07, 6.45) is 6.07. The molecule has 0 amide bonds. The molecule has 4 heterocycles. The second-order valence-electron chi connectivity index (χ2n) is 7.33. The summed E-state index contributed by atoms with van der Waals surface area (Å²) < 4.78 is 9.51. The Morgan fingerprint density at radius 1 is 1.07 bits per heavy atom. The van der Waals surface area contributed by atoms with Crippen LogP contribution in [0.1, 0.15) is 53.3 Å². The van der Waals surface area contributed by atoms with Crippen molar-refractivity contribution in [3.8, 4) is 5.75 Å². The molecular weight excluding hydrogens is 340 g/mol. The molecule has 0 radical (unpaired) electrons. The van der Waals surface area contributed by atoms with Gasteiger partial charge >= 0.3 is 0 Å². The molecule has 0 N–H and O–H groups in total. The van der Waals surface area contributed by atoms with E-state index in [-0.39, 0.29) is 0 Å². The highest BCUT2D eigenvalue weighted by Crippen LogP contribution is 2.49. The van der Waals surface area contributed by atoms with E-state index < -0.39 is 0 Å². The van der Waals surface area contributed by atoms with Crippen LogP contribution < -0.4 is 4.74 Å². The van der Waals surface area contributed by atoms with Crippen molar-refractivity contribution in [3.63, 3.8) is 0 Å². The van der Waals surface area contributed by atoms with Gasteiger partial charge in [-0.2, -0.15) is 5.10 Å². The van der Waals surface area contributed by atoms with E-state index in [0.29, 0.717) is 11.8 Å². The number of rotatable bonds is 3. The number of hydrogen-bond donors (Lipinski definition) is 0. The number of methoxy groups -OCH3 is 1. The Balaban J connectivity index is 1.58. The van der Waals surface area contributed by atoms with Crippen molar-refractivity contribution in [2.24, 2.45) is 0 Å². The Bertz CT molecular complexity index is 1140. The summed E-state index contributed by atoms with van der Waals surface area (Å²) in [6, 6.07) is 3.94. The van der Waals surface area contributed by atoms with E-state index in [0.717, 1.165) is 58.5 Å². The summed E-state index contributed by atoms with van der Waals surface area (Å²) in [5, 5.41) is 4.79. The smallest absolute Gasteiger partial charge is 0.180 e. The van der Waals surface area contributed by atoms with Gasteiger partial charge in [0.25, 0.3) is 0 Å². The number of pyridine rings is 1. The van der Waals surface area contributed by atoms with Gasteiger partial charge in [0.15, 0.2) is 22.9 Å². The van der Waals surface area contributed by atoms with E-state index in [4.69, 9.17) is 19.8 Å². The zero-order chi connectivity index (χ0) is 18.7. The lowest BCUT2D eigenvalue weighted by Crippen LogP contribution is -2.24. The van der Waals surface area contributed by atoms with Crippen LogP contribution in [-0.4, -0.2) is 36.1 Å². The van der Waals surface area contributed by atoms with Crippen LogP contribution >= 0.6 is 0 Å². The first-order valence-electron chi connectivity index (χ1n) is 9.29. The summed E-state index contributed by atoms with van der Waals surface area (Å²) in [4.78, 5) is 14.2. The molecule has 4 aromatic rings. The van der Waals surface area contributed by atoms with Crippen LogP contribution in [-0.2, 0) is 0 Å². The molecule has 5 rings (SSSR count). The molecule has 0 saturated heterocycles. The lowest BCUT2D eigenvalue weighted by molar-refractivity contribution is 0.326. The van der Waals surface area contributed by atoms with Crippen molar-refractivity contribution >= 4 is 11.3 Å². The van der Waals surface area contributed by atoms with E-state index in [2.05, 4.69) is 16.3 Å². The van der Waals surface area contributed by atoms with E-state index in [1.54, 1.807) is 7.11 Å². The quantitative estimate of drug-likeness (QED) is 0.559. The van der Waals surface area contributed by atoms with Gasteiger partial charge in [-0.3, -0.25) is 4.98 Å². The van der Waals surface area contributed by atoms with Crippen LogP contribution in [0, 0.1) is 20.8 Å². The fraction of sp³-hybridized carbons (Fsp3) is 0.400. The Morgan fingerprint density at radius 3 is 2.59 bits per heavy atom. The third kappa shape index (κ3) is 2.27. The summed E-state index contributed by atoms with van der Waals surface area (Å²) in [5.41, 5.74) is 5.92. The van der Waals surface area contributed by atoms with Gasteiger partial charge in [0.1, 0.15) is 0 Å². The first-order chi connectivity index (χ1) is 13.1. The third-order valence-corrected chi connectivity index (χ3v) is 5.79. The van der Waals surface area contributed by atoms with E-state index in [1.807, 2.05) is 42.9 Å². The number of imidazole rings is 1. The predicted molar refractivity (Wildman–Crippen MR) is 101 cm³/mol. The van der Waals surface area contributed by atoms with Crippen LogP contribution in [0.2, 0.25) is 0 Å². The van der Waals surface area contributed by atoms with Crippen molar-refractivity contribution in [3.05, 3.63) is 53.1 Å². The number of fused-ring (bicyclic) bond motifs is 2. The largest absolute Gasteiger partial charge is 0.493 e. The van der Waals surface area contributed by atoms with Gasteiger partial charge in [-0.25, -0.2) is 14.5 Å². The number of hydrogen-bond acceptors (Lipinski definition) is 5. The fourth-order valence-corrected chi connectivity index (χ4v) is 4.09. The minimum Gasteiger partial charge on any atom is -0.493 e. The highest BCUT2D eigenvalue weighted by Gasteiger charge is 2.39. The van der Waals surface area contributed by atoms with Gasteiger partial charge in [-0.1, -0.05) is 0 Å². The maximum Gasteiger partial charge on any atom is 0.180 e. The van der Waals surface area contributed by atoms with Crippen LogP contribution in [0.5, 0.6) is 5.75 Å². The first-order valence-corrected chi connectivity index (χ1v) is 9.29. The fourth-order valence-electron chi connectivity index (χ4n) is 4.09. The number of nitrogens with zero attached hydrogens (tertiary/aromatic N) is 6. The average Bonchev–Trinajstić information content (AvgIpc) is 3.21. The number of ether oxygens (including phenoxy) is 1. The monoisotopic (exact) mass is 362 g/mol. The van der Waals surface area contributed by atoms with Crippen LogP contribution in [0.3, 0.4) is 0 Å². The van der Waals surface area contributed by atoms with Gasteiger partial charge in [0.2, 0.25) is 0 Å². The van der Waals surface area contributed by atoms with Gasteiger partial charge < -0.3 is 9.14 Å². The molecule has 0 aromatic carbocycles. The highest BCUT2D eigenvalue weighted by molar-refractivity contribution is 5.56. The summed E-state index contributed by atoms with van der Waals surface area (Å²) in [5.74, 6) is 2.32. The minimum atomic E-state index is 0.290. The Morgan fingerprint density at radius 2 is 1.89 bits per heavy atom. The minimum absolute atomic E-state index is 0.290. The molecule has 138 valence electrons.